The van der Waals surface area contributed by atoms with E-state index in [4.69, 9.17) is 4.74 Å². The SMILES string of the molecule is CCc1ccccc1-n1c(=O)n(CC)s/c1=N\C(=N\C(Cc1ccc(-c2ncn(-c3ccc(OC(F)(F)F)cc3)n2)cc1)C(=O)O)OC. The maximum atomic E-state index is 13.2. The minimum atomic E-state index is -4.79. The summed E-state index contributed by atoms with van der Waals surface area (Å²) in [5, 5.41) is 14.4. The molecule has 0 fully saturated rings. The predicted octanol–water partition coefficient (Wildman–Crippen LogP) is 5.03. The van der Waals surface area contributed by atoms with Crippen LogP contribution < -0.4 is 15.2 Å². The van der Waals surface area contributed by atoms with Gasteiger partial charge in [-0.05, 0) is 66.3 Å². The molecule has 48 heavy (non-hydrogen) atoms. The Morgan fingerprint density at radius 2 is 1.75 bits per heavy atom. The number of aromatic nitrogens is 5. The van der Waals surface area contributed by atoms with Gasteiger partial charge in [0.2, 0.25) is 4.80 Å². The van der Waals surface area contributed by atoms with E-state index in [-0.39, 0.29) is 28.7 Å². The number of amidine groups is 1. The third-order valence-electron chi connectivity index (χ3n) is 7.08. The number of halogens is 3. The van der Waals surface area contributed by atoms with Gasteiger partial charge in [-0.3, -0.25) is 0 Å². The van der Waals surface area contributed by atoms with Crippen molar-refractivity contribution in [3.63, 3.8) is 0 Å². The largest absolute Gasteiger partial charge is 0.573 e. The number of hydrogen-bond donors (Lipinski definition) is 1. The number of carboxylic acid groups (broad SMARTS) is 1. The molecule has 16 heteroatoms. The summed E-state index contributed by atoms with van der Waals surface area (Å²) in [5.41, 5.74) is 3.09. The van der Waals surface area contributed by atoms with Gasteiger partial charge < -0.3 is 14.6 Å². The van der Waals surface area contributed by atoms with Crippen LogP contribution in [0.5, 0.6) is 5.75 Å². The Morgan fingerprint density at radius 3 is 2.38 bits per heavy atom. The van der Waals surface area contributed by atoms with Gasteiger partial charge in [-0.25, -0.2) is 32.8 Å². The van der Waals surface area contributed by atoms with Gasteiger partial charge in [-0.1, -0.05) is 49.4 Å². The molecular formula is C32H30F3N7O5S. The Bertz CT molecular complexity index is 2050. The molecule has 250 valence electrons. The molecule has 1 N–H and O–H groups in total. The number of aliphatic carboxylic acids is 1. The van der Waals surface area contributed by atoms with E-state index in [2.05, 4.69) is 24.8 Å². The first-order valence-corrected chi connectivity index (χ1v) is 15.4. The number of nitrogens with zero attached hydrogens (tertiary/aromatic N) is 7. The van der Waals surface area contributed by atoms with Crippen LogP contribution in [0.25, 0.3) is 22.8 Å². The summed E-state index contributed by atoms with van der Waals surface area (Å²) in [6.07, 6.45) is -2.67. The molecule has 5 aromatic rings. The Hall–Kier alpha value is -5.51. The average molecular weight is 682 g/mol. The predicted molar refractivity (Wildman–Crippen MR) is 172 cm³/mol. The second-order valence-corrected chi connectivity index (χ2v) is 11.2. The van der Waals surface area contributed by atoms with Gasteiger partial charge in [0.15, 0.2) is 11.9 Å². The summed E-state index contributed by atoms with van der Waals surface area (Å²) in [6.45, 7) is 4.25. The fraction of sp³-hybridized carbons (Fsp3) is 0.250. The lowest BCUT2D eigenvalue weighted by Crippen LogP contribution is -2.29. The number of para-hydroxylation sites is 1. The van der Waals surface area contributed by atoms with Crippen molar-refractivity contribution in [2.45, 2.75) is 45.6 Å². The van der Waals surface area contributed by atoms with E-state index in [9.17, 15) is 27.9 Å². The van der Waals surface area contributed by atoms with Gasteiger partial charge in [0.05, 0.1) is 18.5 Å². The molecule has 0 aliphatic heterocycles. The molecule has 12 nitrogen and oxygen atoms in total. The number of hydrogen-bond acceptors (Lipinski definition) is 8. The normalized spacial score (nSPS) is 13.0. The first kappa shape index (κ1) is 33.8. The van der Waals surface area contributed by atoms with Crippen LogP contribution in [0.3, 0.4) is 0 Å². The maximum absolute atomic E-state index is 13.2. The molecule has 0 amide bonds. The highest BCUT2D eigenvalue weighted by molar-refractivity contribution is 7.03. The Labute approximate surface area is 275 Å². The van der Waals surface area contributed by atoms with Crippen LogP contribution in [0, 0.1) is 0 Å². The van der Waals surface area contributed by atoms with Crippen molar-refractivity contribution < 1.29 is 32.5 Å². The monoisotopic (exact) mass is 681 g/mol. The number of methoxy groups -OCH3 is 1. The molecule has 0 saturated carbocycles. The number of aryl methyl sites for hydroxylation is 2. The maximum Gasteiger partial charge on any atom is 0.573 e. The van der Waals surface area contributed by atoms with Gasteiger partial charge in [0.1, 0.15) is 12.1 Å². The summed E-state index contributed by atoms with van der Waals surface area (Å²) in [4.78, 5) is 38.8. The van der Waals surface area contributed by atoms with Gasteiger partial charge in [-0.15, -0.1) is 18.3 Å². The van der Waals surface area contributed by atoms with Crippen molar-refractivity contribution in [2.24, 2.45) is 9.98 Å². The molecule has 0 radical (unpaired) electrons. The average Bonchev–Trinajstić information content (AvgIpc) is 3.68. The quantitative estimate of drug-likeness (QED) is 0.161. The molecule has 0 aliphatic carbocycles. The summed E-state index contributed by atoms with van der Waals surface area (Å²) < 4.78 is 51.0. The first-order valence-electron chi connectivity index (χ1n) is 14.7. The highest BCUT2D eigenvalue weighted by Crippen LogP contribution is 2.24. The second-order valence-electron chi connectivity index (χ2n) is 10.2. The van der Waals surface area contributed by atoms with Crippen molar-refractivity contribution in [3.8, 4) is 28.5 Å². The highest BCUT2D eigenvalue weighted by Gasteiger charge is 2.31. The van der Waals surface area contributed by atoms with E-state index in [0.717, 1.165) is 17.1 Å². The fourth-order valence-electron chi connectivity index (χ4n) is 4.74. The third-order valence-corrected chi connectivity index (χ3v) is 8.15. The zero-order valence-corrected chi connectivity index (χ0v) is 26.8. The molecule has 0 spiro atoms. The zero-order chi connectivity index (χ0) is 34.4. The van der Waals surface area contributed by atoms with Crippen molar-refractivity contribution in [1.29, 1.82) is 0 Å². The van der Waals surface area contributed by atoms with Crippen molar-refractivity contribution >= 4 is 23.5 Å². The summed E-state index contributed by atoms with van der Waals surface area (Å²) in [5.74, 6) is -1.20. The molecule has 2 aromatic heterocycles. The molecule has 2 heterocycles. The van der Waals surface area contributed by atoms with Gasteiger partial charge >= 0.3 is 24.0 Å². The van der Waals surface area contributed by atoms with Crippen LogP contribution in [0.1, 0.15) is 25.0 Å². The third kappa shape index (κ3) is 7.88. The van der Waals surface area contributed by atoms with E-state index < -0.39 is 18.4 Å². The smallest absolute Gasteiger partial charge is 0.480 e. The van der Waals surface area contributed by atoms with E-state index in [1.54, 1.807) is 24.3 Å². The van der Waals surface area contributed by atoms with Crippen LogP contribution in [-0.2, 0) is 28.9 Å². The van der Waals surface area contributed by atoms with Crippen LogP contribution in [0.2, 0.25) is 0 Å². The molecule has 0 bridgehead atoms. The van der Waals surface area contributed by atoms with Crippen molar-refractivity contribution in [1.82, 2.24) is 23.3 Å². The summed E-state index contributed by atoms with van der Waals surface area (Å²) in [7, 11) is 1.33. The Kier molecular flexibility index (Phi) is 10.2. The highest BCUT2D eigenvalue weighted by atomic mass is 32.1. The number of carbonyl (C=O) groups is 1. The molecular weight excluding hydrogens is 651 g/mol. The number of benzene rings is 3. The number of ether oxygens (including phenoxy) is 2. The molecule has 1 unspecified atom stereocenters. The standard InChI is InChI=1S/C32H30F3N7O5S/c1-4-21-8-6-7-9-26(21)42-30(48-41(5-2)31(42)45)38-29(46-3)37-25(28(43)44)18-20-10-12-22(13-11-20)27-36-19-40(39-27)23-14-16-24(17-15-23)47-32(33,34)35/h6-17,19,25H,4-5,18H2,1-3H3,(H,43,44)/b37-29-,38-30-. The lowest BCUT2D eigenvalue weighted by Gasteiger charge is -2.10. The topological polar surface area (TPSA) is 138 Å². The minimum Gasteiger partial charge on any atom is -0.480 e. The lowest BCUT2D eigenvalue weighted by molar-refractivity contribution is -0.274. The number of carboxylic acids is 1. The molecule has 1 atom stereocenters. The Balaban J connectivity index is 1.37. The summed E-state index contributed by atoms with van der Waals surface area (Å²) in [6, 6.07) is 18.1. The van der Waals surface area contributed by atoms with E-state index in [1.165, 1.54) is 50.9 Å². The fourth-order valence-corrected chi connectivity index (χ4v) is 5.60. The lowest BCUT2D eigenvalue weighted by atomic mass is 10.0. The van der Waals surface area contributed by atoms with Crippen LogP contribution in [0.4, 0.5) is 13.2 Å². The molecule has 5 rings (SSSR count). The van der Waals surface area contributed by atoms with E-state index in [0.29, 0.717) is 41.3 Å². The van der Waals surface area contributed by atoms with Crippen molar-refractivity contribution in [3.05, 3.63) is 106 Å². The van der Waals surface area contributed by atoms with E-state index in [1.807, 2.05) is 38.1 Å². The molecule has 0 saturated heterocycles. The number of rotatable bonds is 10. The van der Waals surface area contributed by atoms with Crippen LogP contribution in [-0.4, -0.2) is 59.9 Å². The Morgan fingerprint density at radius 1 is 1.04 bits per heavy atom. The van der Waals surface area contributed by atoms with Gasteiger partial charge in [0.25, 0.3) is 0 Å². The van der Waals surface area contributed by atoms with Crippen LogP contribution >= 0.6 is 11.5 Å². The number of aliphatic imine (C=N–C) groups is 1. The minimum absolute atomic E-state index is 0.0110. The van der Waals surface area contributed by atoms with Crippen molar-refractivity contribution in [2.75, 3.05) is 7.11 Å². The first-order chi connectivity index (χ1) is 23.0. The summed E-state index contributed by atoms with van der Waals surface area (Å²) >= 11 is 1.12. The molecule has 3 aromatic carbocycles. The van der Waals surface area contributed by atoms with Crippen LogP contribution in [0.15, 0.2) is 93.9 Å². The zero-order valence-electron chi connectivity index (χ0n) is 26.0. The second kappa shape index (κ2) is 14.5. The van der Waals surface area contributed by atoms with Gasteiger partial charge in [0, 0.05) is 18.5 Å². The van der Waals surface area contributed by atoms with E-state index >= 15 is 0 Å². The number of alkyl halides is 3. The molecule has 0 aliphatic rings. The van der Waals surface area contributed by atoms with Gasteiger partial charge in [-0.2, -0.15) is 4.99 Å².